The standard InChI is InChI=1S/C9H21NO8SSi/c1-15-20(16-2,17-3)8-4-5-10-9(11)18-6-7-19(12,13)14/h4-8H2,1-3H3,(H,10,11)(H,12,13,14). The van der Waals surface area contributed by atoms with Crippen molar-refractivity contribution < 1.29 is 35.8 Å². The summed E-state index contributed by atoms with van der Waals surface area (Å²) in [5, 5.41) is 2.43. The van der Waals surface area contributed by atoms with E-state index in [4.69, 9.17) is 17.8 Å². The van der Waals surface area contributed by atoms with Crippen LogP contribution in [0.5, 0.6) is 0 Å². The molecule has 0 aliphatic carbocycles. The molecule has 0 fully saturated rings. The summed E-state index contributed by atoms with van der Waals surface area (Å²) < 4.78 is 49.4. The van der Waals surface area contributed by atoms with Crippen molar-refractivity contribution in [3.8, 4) is 0 Å². The maximum atomic E-state index is 11.2. The van der Waals surface area contributed by atoms with Crippen molar-refractivity contribution in [3.63, 3.8) is 0 Å². The lowest BCUT2D eigenvalue weighted by atomic mass is 10.5. The maximum Gasteiger partial charge on any atom is 0.500 e. The second-order valence-electron chi connectivity index (χ2n) is 3.75. The highest BCUT2D eigenvalue weighted by Crippen LogP contribution is 2.14. The largest absolute Gasteiger partial charge is 0.500 e. The van der Waals surface area contributed by atoms with Crippen LogP contribution < -0.4 is 5.32 Å². The fourth-order valence-electron chi connectivity index (χ4n) is 1.34. The molecule has 0 aromatic rings. The van der Waals surface area contributed by atoms with Crippen molar-refractivity contribution in [1.29, 1.82) is 0 Å². The first-order valence-electron chi connectivity index (χ1n) is 5.80. The number of amides is 1. The molecule has 120 valence electrons. The Morgan fingerprint density at radius 2 is 1.75 bits per heavy atom. The van der Waals surface area contributed by atoms with E-state index in [9.17, 15) is 13.2 Å². The first kappa shape index (κ1) is 19.3. The average molecular weight is 331 g/mol. The Kier molecular flexibility index (Phi) is 8.92. The fourth-order valence-corrected chi connectivity index (χ4v) is 3.36. The number of carbonyl (C=O) groups is 1. The van der Waals surface area contributed by atoms with Crippen LogP contribution in [-0.2, 0) is 28.1 Å². The molecule has 2 N–H and O–H groups in total. The Morgan fingerprint density at radius 3 is 2.20 bits per heavy atom. The second kappa shape index (κ2) is 9.26. The molecule has 20 heavy (non-hydrogen) atoms. The van der Waals surface area contributed by atoms with Gasteiger partial charge in [-0.1, -0.05) is 0 Å². The summed E-state index contributed by atoms with van der Waals surface area (Å²) in [7, 11) is -2.28. The Morgan fingerprint density at radius 1 is 1.20 bits per heavy atom. The van der Waals surface area contributed by atoms with Crippen molar-refractivity contribution in [1.82, 2.24) is 5.32 Å². The van der Waals surface area contributed by atoms with Gasteiger partial charge in [-0.3, -0.25) is 4.55 Å². The van der Waals surface area contributed by atoms with E-state index >= 15 is 0 Å². The van der Waals surface area contributed by atoms with Crippen LogP contribution in [0.15, 0.2) is 0 Å². The highest BCUT2D eigenvalue weighted by atomic mass is 32.2. The average Bonchev–Trinajstić information content (AvgIpc) is 2.38. The van der Waals surface area contributed by atoms with Gasteiger partial charge in [-0.2, -0.15) is 8.42 Å². The van der Waals surface area contributed by atoms with Crippen LogP contribution in [0, 0.1) is 0 Å². The van der Waals surface area contributed by atoms with Gasteiger partial charge < -0.3 is 23.3 Å². The minimum Gasteiger partial charge on any atom is -0.448 e. The number of carbonyl (C=O) groups excluding carboxylic acids is 1. The lowest BCUT2D eigenvalue weighted by Crippen LogP contribution is -2.43. The van der Waals surface area contributed by atoms with Crippen LogP contribution in [-0.4, -0.2) is 68.1 Å². The highest BCUT2D eigenvalue weighted by molar-refractivity contribution is 7.85. The van der Waals surface area contributed by atoms with Gasteiger partial charge in [0.1, 0.15) is 12.4 Å². The predicted octanol–water partition coefficient (Wildman–Crippen LogP) is -0.131. The monoisotopic (exact) mass is 331 g/mol. The van der Waals surface area contributed by atoms with Crippen molar-refractivity contribution in [2.75, 3.05) is 40.2 Å². The Hall–Kier alpha value is -0.723. The van der Waals surface area contributed by atoms with Crippen molar-refractivity contribution >= 4 is 25.0 Å². The summed E-state index contributed by atoms with van der Waals surface area (Å²) in [4.78, 5) is 11.2. The van der Waals surface area contributed by atoms with Crippen molar-refractivity contribution in [2.45, 2.75) is 12.5 Å². The summed E-state index contributed by atoms with van der Waals surface area (Å²) in [5.41, 5.74) is 0. The molecule has 1 amide bonds. The normalized spacial score (nSPS) is 12.2. The van der Waals surface area contributed by atoms with E-state index in [0.717, 1.165) is 0 Å². The minimum absolute atomic E-state index is 0.301. The second-order valence-corrected chi connectivity index (χ2v) is 8.41. The van der Waals surface area contributed by atoms with Gasteiger partial charge in [0.15, 0.2) is 0 Å². The molecule has 0 atom stereocenters. The van der Waals surface area contributed by atoms with Crippen LogP contribution in [0.1, 0.15) is 6.42 Å². The van der Waals surface area contributed by atoms with Gasteiger partial charge in [-0.25, -0.2) is 4.79 Å². The molecule has 0 aromatic carbocycles. The molecule has 0 bridgehead atoms. The molecule has 0 aliphatic heterocycles. The van der Waals surface area contributed by atoms with Gasteiger partial charge in [-0.05, 0) is 6.42 Å². The Labute approximate surface area is 119 Å². The lowest BCUT2D eigenvalue weighted by molar-refractivity contribution is 0.122. The van der Waals surface area contributed by atoms with E-state index < -0.39 is 37.4 Å². The number of hydrogen-bond acceptors (Lipinski definition) is 7. The number of nitrogens with one attached hydrogen (secondary N) is 1. The van der Waals surface area contributed by atoms with Crippen LogP contribution >= 0.6 is 0 Å². The number of rotatable bonds is 10. The summed E-state index contributed by atoms with van der Waals surface area (Å²) >= 11 is 0. The van der Waals surface area contributed by atoms with Crippen LogP contribution in [0.4, 0.5) is 4.79 Å². The zero-order chi connectivity index (χ0) is 15.6. The topological polar surface area (TPSA) is 120 Å². The van der Waals surface area contributed by atoms with E-state index in [1.165, 1.54) is 21.3 Å². The summed E-state index contributed by atoms with van der Waals surface area (Å²) in [5.74, 6) is -0.631. The zero-order valence-corrected chi connectivity index (χ0v) is 13.6. The number of alkyl carbamates (subject to hydrolysis) is 1. The van der Waals surface area contributed by atoms with Crippen molar-refractivity contribution in [2.24, 2.45) is 0 Å². The highest BCUT2D eigenvalue weighted by Gasteiger charge is 2.36. The van der Waals surface area contributed by atoms with Gasteiger partial charge in [0.25, 0.3) is 10.1 Å². The van der Waals surface area contributed by atoms with Gasteiger partial charge >= 0.3 is 14.9 Å². The Balaban J connectivity index is 3.82. The molecule has 0 heterocycles. The third-order valence-electron chi connectivity index (χ3n) is 2.44. The van der Waals surface area contributed by atoms with Gasteiger partial charge in [0.2, 0.25) is 0 Å². The first-order valence-corrected chi connectivity index (χ1v) is 9.34. The Bertz CT molecular complexity index is 375. The minimum atomic E-state index is -4.12. The molecule has 0 aliphatic rings. The van der Waals surface area contributed by atoms with Gasteiger partial charge in [0.05, 0.1) is 0 Å². The molecule has 11 heteroatoms. The van der Waals surface area contributed by atoms with Crippen LogP contribution in [0.2, 0.25) is 6.04 Å². The third-order valence-corrected chi connectivity index (χ3v) is 5.95. The van der Waals surface area contributed by atoms with Crippen LogP contribution in [0.3, 0.4) is 0 Å². The SMILES string of the molecule is CO[Si](CCCNC(=O)OCCS(=O)(=O)O)(OC)OC. The van der Waals surface area contributed by atoms with Gasteiger partial charge in [0, 0.05) is 33.9 Å². The van der Waals surface area contributed by atoms with Gasteiger partial charge in [-0.15, -0.1) is 0 Å². The quantitative estimate of drug-likeness (QED) is 0.323. The summed E-state index contributed by atoms with van der Waals surface area (Å²) in [6, 6.07) is 0.516. The van der Waals surface area contributed by atoms with E-state index in [2.05, 4.69) is 10.1 Å². The summed E-state index contributed by atoms with van der Waals surface area (Å²) in [6.45, 7) is -0.104. The molecule has 9 nitrogen and oxygen atoms in total. The van der Waals surface area contributed by atoms with E-state index in [1.807, 2.05) is 0 Å². The van der Waals surface area contributed by atoms with Crippen LogP contribution in [0.25, 0.3) is 0 Å². The molecule has 0 radical (unpaired) electrons. The molecular weight excluding hydrogens is 310 g/mol. The predicted molar refractivity (Wildman–Crippen MR) is 72.0 cm³/mol. The number of hydrogen-bond donors (Lipinski definition) is 2. The molecule has 0 aromatic heterocycles. The van der Waals surface area contributed by atoms with Crippen molar-refractivity contribution in [3.05, 3.63) is 0 Å². The lowest BCUT2D eigenvalue weighted by Gasteiger charge is -2.24. The molecule has 0 saturated carbocycles. The van der Waals surface area contributed by atoms with E-state index in [0.29, 0.717) is 19.0 Å². The third kappa shape index (κ3) is 8.45. The molecule has 0 rings (SSSR count). The maximum absolute atomic E-state index is 11.2. The molecule has 0 saturated heterocycles. The molecule has 0 unspecified atom stereocenters. The fraction of sp³-hybridized carbons (Fsp3) is 0.889. The summed E-state index contributed by atoms with van der Waals surface area (Å²) in [6.07, 6.45) is -0.206. The molecular formula is C9H21NO8SSi. The van der Waals surface area contributed by atoms with E-state index in [-0.39, 0.29) is 0 Å². The smallest absolute Gasteiger partial charge is 0.448 e. The van der Waals surface area contributed by atoms with E-state index in [1.54, 1.807) is 0 Å². The first-order chi connectivity index (χ1) is 9.28. The molecule has 0 spiro atoms. The number of ether oxygens (including phenoxy) is 1. The zero-order valence-electron chi connectivity index (χ0n) is 11.7.